The van der Waals surface area contributed by atoms with Crippen molar-refractivity contribution in [3.8, 4) is 0 Å². The first-order valence-electron chi connectivity index (χ1n) is 9.03. The number of nitrogens with zero attached hydrogens (tertiary/aromatic N) is 4. The van der Waals surface area contributed by atoms with Gasteiger partial charge in [-0.15, -0.1) is 0 Å². The molecule has 1 amide bonds. The fraction of sp³-hybridized carbons (Fsp3) is 0.368. The number of rotatable bonds is 3. The zero-order valence-electron chi connectivity index (χ0n) is 15.3. The van der Waals surface area contributed by atoms with Crippen LogP contribution in [0.2, 0.25) is 0 Å². The number of hydrogen-bond donors (Lipinski definition) is 0. The fourth-order valence-corrected chi connectivity index (χ4v) is 4.87. The molecule has 140 valence electrons. The highest BCUT2D eigenvalue weighted by Crippen LogP contribution is 2.33. The van der Waals surface area contributed by atoms with Gasteiger partial charge in [0.1, 0.15) is 15.8 Å². The van der Waals surface area contributed by atoms with Gasteiger partial charge in [-0.2, -0.15) is 0 Å². The number of amides is 1. The van der Waals surface area contributed by atoms with Crippen LogP contribution in [0.25, 0.3) is 11.7 Å². The molecule has 2 saturated heterocycles. The molecule has 4 heterocycles. The number of pyridine rings is 1. The number of likely N-dealkylation sites (N-methyl/N-ethyl adjacent to an activating group) is 1. The van der Waals surface area contributed by atoms with Crippen molar-refractivity contribution in [3.05, 3.63) is 44.7 Å². The minimum absolute atomic E-state index is 0.145. The Hall–Kier alpha value is -2.19. The molecule has 0 aliphatic carbocycles. The van der Waals surface area contributed by atoms with E-state index in [1.54, 1.807) is 21.6 Å². The van der Waals surface area contributed by atoms with E-state index >= 15 is 0 Å². The van der Waals surface area contributed by atoms with E-state index in [1.165, 1.54) is 11.8 Å². The Balaban J connectivity index is 1.94. The lowest BCUT2D eigenvalue weighted by molar-refractivity contribution is -0.121. The van der Waals surface area contributed by atoms with Crippen LogP contribution < -0.4 is 10.5 Å². The maximum atomic E-state index is 13.3. The molecular formula is C19H20N4O2S2. The zero-order chi connectivity index (χ0) is 19.1. The first-order chi connectivity index (χ1) is 13.0. The number of carbonyl (C=O) groups excluding carboxylic acids is 1. The third-order valence-corrected chi connectivity index (χ3v) is 6.31. The van der Waals surface area contributed by atoms with Crippen LogP contribution in [0.15, 0.2) is 28.0 Å². The Labute approximate surface area is 166 Å². The van der Waals surface area contributed by atoms with Crippen LogP contribution in [0.4, 0.5) is 5.82 Å². The lowest BCUT2D eigenvalue weighted by Crippen LogP contribution is -2.28. The van der Waals surface area contributed by atoms with E-state index in [1.807, 2.05) is 26.0 Å². The largest absolute Gasteiger partial charge is 0.356 e. The fourth-order valence-electron chi connectivity index (χ4n) is 3.50. The highest BCUT2D eigenvalue weighted by Gasteiger charge is 2.32. The molecule has 0 N–H and O–H groups in total. The number of aromatic nitrogens is 2. The molecule has 6 nitrogen and oxygen atoms in total. The van der Waals surface area contributed by atoms with Crippen LogP contribution >= 0.6 is 24.0 Å². The summed E-state index contributed by atoms with van der Waals surface area (Å²) in [5, 5.41) is 0. The standard InChI is InChI=1S/C19H20N4O2S2/c1-3-22-18(25)14(27-19(22)26)11-13-16(21-8-4-5-9-21)20-15-12(2)7-6-10-23(15)17(13)24/h6-7,10-11H,3-5,8-9H2,1-2H3/b14-11+. The van der Waals surface area contributed by atoms with E-state index in [0.29, 0.717) is 32.8 Å². The number of thiocarbonyl (C=S) groups is 1. The van der Waals surface area contributed by atoms with Gasteiger partial charge in [0, 0.05) is 25.8 Å². The number of aryl methyl sites for hydroxylation is 1. The van der Waals surface area contributed by atoms with E-state index in [-0.39, 0.29) is 11.5 Å². The van der Waals surface area contributed by atoms with Gasteiger partial charge < -0.3 is 4.90 Å². The van der Waals surface area contributed by atoms with E-state index in [9.17, 15) is 9.59 Å². The molecule has 2 aromatic rings. The molecule has 0 spiro atoms. The van der Waals surface area contributed by atoms with E-state index in [2.05, 4.69) is 4.90 Å². The molecule has 0 saturated carbocycles. The second kappa shape index (κ2) is 7.09. The number of fused-ring (bicyclic) bond motifs is 1. The Kier molecular flexibility index (Phi) is 4.77. The van der Waals surface area contributed by atoms with Gasteiger partial charge in [0.15, 0.2) is 0 Å². The molecule has 0 unspecified atom stereocenters. The van der Waals surface area contributed by atoms with Gasteiger partial charge in [0.2, 0.25) is 0 Å². The van der Waals surface area contributed by atoms with E-state index in [4.69, 9.17) is 17.2 Å². The zero-order valence-corrected chi connectivity index (χ0v) is 16.9. The highest BCUT2D eigenvalue weighted by molar-refractivity contribution is 8.26. The lowest BCUT2D eigenvalue weighted by Gasteiger charge is -2.20. The van der Waals surface area contributed by atoms with Gasteiger partial charge in [-0.1, -0.05) is 30.0 Å². The first-order valence-corrected chi connectivity index (χ1v) is 10.3. The predicted octanol–water partition coefficient (Wildman–Crippen LogP) is 2.82. The van der Waals surface area contributed by atoms with Crippen molar-refractivity contribution < 1.29 is 4.79 Å². The van der Waals surface area contributed by atoms with Gasteiger partial charge in [0.05, 0.1) is 10.5 Å². The third-order valence-electron chi connectivity index (χ3n) is 4.94. The van der Waals surface area contributed by atoms with E-state index < -0.39 is 0 Å². The summed E-state index contributed by atoms with van der Waals surface area (Å²) < 4.78 is 2.09. The van der Waals surface area contributed by atoms with Crippen molar-refractivity contribution in [2.75, 3.05) is 24.5 Å². The van der Waals surface area contributed by atoms with Gasteiger partial charge in [-0.3, -0.25) is 18.9 Å². The van der Waals surface area contributed by atoms with Crippen molar-refractivity contribution in [2.45, 2.75) is 26.7 Å². The van der Waals surface area contributed by atoms with Crippen LogP contribution in [-0.2, 0) is 4.79 Å². The van der Waals surface area contributed by atoms with Crippen LogP contribution in [0, 0.1) is 6.92 Å². The van der Waals surface area contributed by atoms with Crippen molar-refractivity contribution in [1.82, 2.24) is 14.3 Å². The van der Waals surface area contributed by atoms with Gasteiger partial charge in [-0.05, 0) is 44.4 Å². The van der Waals surface area contributed by atoms with Crippen molar-refractivity contribution >= 4 is 51.7 Å². The summed E-state index contributed by atoms with van der Waals surface area (Å²) in [6, 6.07) is 3.78. The molecule has 8 heteroatoms. The second-order valence-electron chi connectivity index (χ2n) is 6.66. The summed E-state index contributed by atoms with van der Waals surface area (Å²) in [6.45, 7) is 6.09. The summed E-state index contributed by atoms with van der Waals surface area (Å²) in [4.78, 5) is 34.9. The maximum absolute atomic E-state index is 13.3. The maximum Gasteiger partial charge on any atom is 0.267 e. The summed E-state index contributed by atoms with van der Waals surface area (Å²) in [5.74, 6) is 0.516. The average Bonchev–Trinajstić information content (AvgIpc) is 3.26. The van der Waals surface area contributed by atoms with Crippen LogP contribution in [0.3, 0.4) is 0 Å². The van der Waals surface area contributed by atoms with Crippen molar-refractivity contribution in [2.24, 2.45) is 0 Å². The summed E-state index contributed by atoms with van der Waals surface area (Å²) in [6.07, 6.45) is 5.55. The average molecular weight is 401 g/mol. The SMILES string of the molecule is CCN1C(=O)/C(=C\c2c(N3CCCC3)nc3c(C)cccn3c2=O)SC1=S. The third kappa shape index (κ3) is 3.06. The Morgan fingerprint density at radius 3 is 2.70 bits per heavy atom. The highest BCUT2D eigenvalue weighted by atomic mass is 32.2. The lowest BCUT2D eigenvalue weighted by atomic mass is 10.2. The molecule has 2 aliphatic heterocycles. The Bertz CT molecular complexity index is 1040. The smallest absolute Gasteiger partial charge is 0.267 e. The summed E-state index contributed by atoms with van der Waals surface area (Å²) >= 11 is 6.54. The quantitative estimate of drug-likeness (QED) is 0.583. The van der Waals surface area contributed by atoms with Gasteiger partial charge in [0.25, 0.3) is 11.5 Å². The molecule has 2 fully saturated rings. The molecule has 0 atom stereocenters. The predicted molar refractivity (Wildman–Crippen MR) is 113 cm³/mol. The molecule has 2 aromatic heterocycles. The monoisotopic (exact) mass is 400 g/mol. The molecule has 2 aliphatic rings. The minimum Gasteiger partial charge on any atom is -0.356 e. The number of carbonyl (C=O) groups is 1. The number of anilines is 1. The van der Waals surface area contributed by atoms with Crippen LogP contribution in [0.1, 0.15) is 30.9 Å². The second-order valence-corrected chi connectivity index (χ2v) is 8.33. The van der Waals surface area contributed by atoms with Crippen LogP contribution in [0.5, 0.6) is 0 Å². The Morgan fingerprint density at radius 2 is 2.04 bits per heavy atom. The van der Waals surface area contributed by atoms with Crippen LogP contribution in [-0.4, -0.2) is 44.1 Å². The molecule has 0 radical (unpaired) electrons. The van der Waals surface area contributed by atoms with Crippen molar-refractivity contribution in [3.63, 3.8) is 0 Å². The summed E-state index contributed by atoms with van der Waals surface area (Å²) in [5.41, 5.74) is 1.89. The Morgan fingerprint density at radius 1 is 1.30 bits per heavy atom. The van der Waals surface area contributed by atoms with Crippen molar-refractivity contribution in [1.29, 1.82) is 0 Å². The molecule has 4 rings (SSSR count). The number of thioether (sulfide) groups is 1. The molecule has 0 bridgehead atoms. The normalized spacial score (nSPS) is 19.1. The van der Waals surface area contributed by atoms with E-state index in [0.717, 1.165) is 31.5 Å². The summed E-state index contributed by atoms with van der Waals surface area (Å²) in [7, 11) is 0. The number of hydrogen-bond acceptors (Lipinski definition) is 6. The first kappa shape index (κ1) is 18.2. The minimum atomic E-state index is -0.160. The van der Waals surface area contributed by atoms with Gasteiger partial charge >= 0.3 is 0 Å². The molecule has 0 aromatic carbocycles. The topological polar surface area (TPSA) is 57.9 Å². The van der Waals surface area contributed by atoms with Gasteiger partial charge in [-0.25, -0.2) is 4.98 Å². The molecular weight excluding hydrogens is 380 g/mol. The molecule has 27 heavy (non-hydrogen) atoms.